The van der Waals surface area contributed by atoms with E-state index in [0.717, 1.165) is 17.1 Å². The predicted octanol–water partition coefficient (Wildman–Crippen LogP) is 3.19. The number of aliphatic hydroxyl groups excluding tert-OH is 1. The van der Waals surface area contributed by atoms with Crippen LogP contribution >= 0.6 is 0 Å². The third kappa shape index (κ3) is 3.34. The second kappa shape index (κ2) is 6.69. The summed E-state index contributed by atoms with van der Waals surface area (Å²) in [6.45, 7) is 2.29. The average Bonchev–Trinajstić information content (AvgIpc) is 2.49. The quantitative estimate of drug-likeness (QED) is 0.903. The number of benzene rings is 1. The molecule has 102 valence electrons. The number of hydrogen-bond donors (Lipinski definition) is 1. The number of hydrogen-bond acceptors (Lipinski definition) is 4. The van der Waals surface area contributed by atoms with Crippen molar-refractivity contribution in [3.05, 3.63) is 54.2 Å². The summed E-state index contributed by atoms with van der Waals surface area (Å²) in [4.78, 5) is 6.34. The van der Waals surface area contributed by atoms with Crippen LogP contribution < -0.4 is 4.90 Å². The summed E-state index contributed by atoms with van der Waals surface area (Å²) >= 11 is 0. The molecule has 2 rings (SSSR count). The van der Waals surface area contributed by atoms with E-state index in [4.69, 9.17) is 5.26 Å². The van der Waals surface area contributed by atoms with Crippen LogP contribution in [0.3, 0.4) is 0 Å². The van der Waals surface area contributed by atoms with E-state index in [0.29, 0.717) is 13.0 Å². The summed E-state index contributed by atoms with van der Waals surface area (Å²) in [7, 11) is 0. The molecule has 2 aromatic rings. The highest BCUT2D eigenvalue weighted by Crippen LogP contribution is 2.25. The largest absolute Gasteiger partial charge is 0.389 e. The van der Waals surface area contributed by atoms with Gasteiger partial charge in [0, 0.05) is 18.4 Å². The summed E-state index contributed by atoms with van der Waals surface area (Å²) in [5.74, 6) is 0.741. The first kappa shape index (κ1) is 14.0. The highest BCUT2D eigenvalue weighted by Gasteiger charge is 2.11. The Labute approximate surface area is 118 Å². The Kier molecular flexibility index (Phi) is 4.70. The molecule has 1 aromatic heterocycles. The van der Waals surface area contributed by atoms with Gasteiger partial charge in [-0.1, -0.05) is 18.2 Å². The molecule has 4 nitrogen and oxygen atoms in total. The number of para-hydroxylation sites is 1. The minimum Gasteiger partial charge on any atom is -0.389 e. The number of aliphatic hydroxyl groups is 1. The fraction of sp³-hybridized carbons (Fsp3) is 0.250. The molecule has 0 aliphatic rings. The van der Waals surface area contributed by atoms with Crippen molar-refractivity contribution in [1.82, 2.24) is 4.98 Å². The Balaban J connectivity index is 2.36. The predicted molar refractivity (Wildman–Crippen MR) is 78.5 cm³/mol. The van der Waals surface area contributed by atoms with E-state index in [-0.39, 0.29) is 0 Å². The van der Waals surface area contributed by atoms with Gasteiger partial charge >= 0.3 is 0 Å². The third-order valence-electron chi connectivity index (χ3n) is 3.04. The van der Waals surface area contributed by atoms with Gasteiger partial charge in [0.2, 0.25) is 0 Å². The molecule has 0 aliphatic carbocycles. The standard InChI is InChI=1S/C16H17N3O/c1-13(20)14-8-10-18-16(12-14)19(11-5-9-17)15-6-3-2-4-7-15/h2-4,6-8,10,12-13,20H,5,11H2,1H3/t13-/m1/s1. The number of rotatable bonds is 5. The van der Waals surface area contributed by atoms with Crippen LogP contribution in [-0.4, -0.2) is 16.6 Å². The average molecular weight is 267 g/mol. The van der Waals surface area contributed by atoms with Crippen LogP contribution in [0.4, 0.5) is 11.5 Å². The molecule has 0 spiro atoms. The second-order valence-electron chi connectivity index (χ2n) is 4.52. The maximum atomic E-state index is 9.68. The van der Waals surface area contributed by atoms with Crippen LogP contribution in [0, 0.1) is 11.3 Å². The van der Waals surface area contributed by atoms with Gasteiger partial charge in [-0.25, -0.2) is 4.98 Å². The van der Waals surface area contributed by atoms with E-state index in [1.54, 1.807) is 19.2 Å². The Morgan fingerprint density at radius 3 is 2.70 bits per heavy atom. The van der Waals surface area contributed by atoms with E-state index in [1.165, 1.54) is 0 Å². The summed E-state index contributed by atoms with van der Waals surface area (Å²) in [6.07, 6.45) is 1.56. The van der Waals surface area contributed by atoms with Gasteiger partial charge < -0.3 is 10.0 Å². The zero-order valence-electron chi connectivity index (χ0n) is 11.4. The molecular formula is C16H17N3O. The summed E-state index contributed by atoms with van der Waals surface area (Å²) in [6, 6.07) is 15.6. The lowest BCUT2D eigenvalue weighted by Crippen LogP contribution is -2.19. The van der Waals surface area contributed by atoms with Gasteiger partial charge in [-0.3, -0.25) is 0 Å². The van der Waals surface area contributed by atoms with Crippen LogP contribution in [0.5, 0.6) is 0 Å². The zero-order chi connectivity index (χ0) is 14.4. The lowest BCUT2D eigenvalue weighted by molar-refractivity contribution is 0.199. The third-order valence-corrected chi connectivity index (χ3v) is 3.04. The molecule has 0 saturated heterocycles. The van der Waals surface area contributed by atoms with Gasteiger partial charge in [0.15, 0.2) is 0 Å². The first-order valence-corrected chi connectivity index (χ1v) is 6.56. The molecule has 1 aromatic carbocycles. The molecular weight excluding hydrogens is 250 g/mol. The Morgan fingerprint density at radius 1 is 1.30 bits per heavy atom. The van der Waals surface area contributed by atoms with Crippen LogP contribution in [0.1, 0.15) is 25.0 Å². The number of anilines is 2. The number of nitrogens with zero attached hydrogens (tertiary/aromatic N) is 3. The molecule has 0 amide bonds. The molecule has 1 heterocycles. The molecule has 0 fully saturated rings. The molecule has 0 radical (unpaired) electrons. The topological polar surface area (TPSA) is 60.2 Å². The van der Waals surface area contributed by atoms with Crippen LogP contribution in [-0.2, 0) is 0 Å². The monoisotopic (exact) mass is 267 g/mol. The smallest absolute Gasteiger partial charge is 0.133 e. The molecule has 1 atom stereocenters. The minimum absolute atomic E-state index is 0.412. The normalized spacial score (nSPS) is 11.7. The number of pyridine rings is 1. The second-order valence-corrected chi connectivity index (χ2v) is 4.52. The van der Waals surface area contributed by atoms with Gasteiger partial charge in [0.1, 0.15) is 5.82 Å². The van der Waals surface area contributed by atoms with Crippen molar-refractivity contribution in [3.8, 4) is 6.07 Å². The molecule has 0 unspecified atom stereocenters. The molecule has 1 N–H and O–H groups in total. The molecule has 4 heteroatoms. The summed E-state index contributed by atoms with van der Waals surface area (Å²) in [5, 5.41) is 18.5. The zero-order valence-corrected chi connectivity index (χ0v) is 11.4. The maximum Gasteiger partial charge on any atom is 0.133 e. The number of nitriles is 1. The molecule has 20 heavy (non-hydrogen) atoms. The van der Waals surface area contributed by atoms with Crippen molar-refractivity contribution < 1.29 is 5.11 Å². The van der Waals surface area contributed by atoms with Crippen molar-refractivity contribution in [3.63, 3.8) is 0 Å². The molecule has 0 bridgehead atoms. The lowest BCUT2D eigenvalue weighted by atomic mass is 10.1. The van der Waals surface area contributed by atoms with E-state index < -0.39 is 6.10 Å². The number of aromatic nitrogens is 1. The minimum atomic E-state index is -0.537. The Hall–Kier alpha value is -2.38. The lowest BCUT2D eigenvalue weighted by Gasteiger charge is -2.23. The van der Waals surface area contributed by atoms with Crippen molar-refractivity contribution in [2.75, 3.05) is 11.4 Å². The van der Waals surface area contributed by atoms with Crippen molar-refractivity contribution >= 4 is 11.5 Å². The maximum absolute atomic E-state index is 9.68. The Bertz CT molecular complexity index is 590. The first-order valence-electron chi connectivity index (χ1n) is 6.56. The van der Waals surface area contributed by atoms with E-state index in [1.807, 2.05) is 41.3 Å². The van der Waals surface area contributed by atoms with Gasteiger partial charge in [-0.15, -0.1) is 0 Å². The summed E-state index contributed by atoms with van der Waals surface area (Å²) in [5.41, 5.74) is 1.80. The van der Waals surface area contributed by atoms with Crippen molar-refractivity contribution in [1.29, 1.82) is 5.26 Å². The highest BCUT2D eigenvalue weighted by molar-refractivity contribution is 5.60. The SMILES string of the molecule is C[C@@H](O)c1ccnc(N(CCC#N)c2ccccc2)c1. The van der Waals surface area contributed by atoms with E-state index >= 15 is 0 Å². The first-order chi connectivity index (χ1) is 9.72. The highest BCUT2D eigenvalue weighted by atomic mass is 16.3. The van der Waals surface area contributed by atoms with Crippen molar-refractivity contribution in [2.24, 2.45) is 0 Å². The Morgan fingerprint density at radius 2 is 2.05 bits per heavy atom. The van der Waals surface area contributed by atoms with Crippen LogP contribution in [0.2, 0.25) is 0 Å². The van der Waals surface area contributed by atoms with Gasteiger partial charge in [0.05, 0.1) is 18.6 Å². The van der Waals surface area contributed by atoms with Gasteiger partial charge in [-0.05, 0) is 36.8 Å². The fourth-order valence-electron chi connectivity index (χ4n) is 1.99. The van der Waals surface area contributed by atoms with Gasteiger partial charge in [-0.2, -0.15) is 5.26 Å². The molecule has 0 saturated carbocycles. The van der Waals surface area contributed by atoms with Gasteiger partial charge in [0.25, 0.3) is 0 Å². The van der Waals surface area contributed by atoms with Crippen molar-refractivity contribution in [2.45, 2.75) is 19.4 Å². The fourth-order valence-corrected chi connectivity index (χ4v) is 1.99. The van der Waals surface area contributed by atoms with Crippen LogP contribution in [0.15, 0.2) is 48.7 Å². The van der Waals surface area contributed by atoms with E-state index in [9.17, 15) is 5.11 Å². The molecule has 0 aliphatic heterocycles. The van der Waals surface area contributed by atoms with E-state index in [2.05, 4.69) is 11.1 Å². The summed E-state index contributed by atoms with van der Waals surface area (Å²) < 4.78 is 0. The van der Waals surface area contributed by atoms with Crippen LogP contribution in [0.25, 0.3) is 0 Å².